The normalized spacial score (nSPS) is 11.8. The molecular formula is C9H10F3P. The van der Waals surface area contributed by atoms with Crippen LogP contribution < -0.4 is 5.30 Å². The summed E-state index contributed by atoms with van der Waals surface area (Å²) in [5.74, 6) is -2.75. The van der Waals surface area contributed by atoms with Crippen LogP contribution in [0.4, 0.5) is 13.2 Å². The van der Waals surface area contributed by atoms with Crippen LogP contribution in [0.5, 0.6) is 0 Å². The van der Waals surface area contributed by atoms with E-state index in [1.807, 2.05) is 13.8 Å². The highest BCUT2D eigenvalue weighted by Gasteiger charge is 2.11. The molecule has 1 aromatic rings. The first-order valence-corrected chi connectivity index (χ1v) is 4.99. The highest BCUT2D eigenvalue weighted by Crippen LogP contribution is 2.21. The predicted octanol–water partition coefficient (Wildman–Crippen LogP) is 2.82. The Hall–Kier alpha value is -0.560. The molecule has 0 spiro atoms. The van der Waals surface area contributed by atoms with Gasteiger partial charge in [-0.1, -0.05) is 22.4 Å². The maximum absolute atomic E-state index is 13.0. The van der Waals surface area contributed by atoms with Gasteiger partial charge in [0, 0.05) is 11.4 Å². The standard InChI is InChI=1S/C9H10F3P/c1-5(2)13-8-4-6(10)3-7(11)9(8)12/h3-5,13H,1-2H3. The van der Waals surface area contributed by atoms with E-state index in [2.05, 4.69) is 0 Å². The highest BCUT2D eigenvalue weighted by molar-refractivity contribution is 7.47. The lowest BCUT2D eigenvalue weighted by atomic mass is 10.3. The zero-order valence-electron chi connectivity index (χ0n) is 7.37. The first-order chi connectivity index (χ1) is 6.00. The summed E-state index contributed by atoms with van der Waals surface area (Å²) < 4.78 is 38.3. The third kappa shape index (κ3) is 2.70. The molecule has 1 aromatic carbocycles. The minimum atomic E-state index is -1.11. The van der Waals surface area contributed by atoms with Gasteiger partial charge in [0.05, 0.1) is 0 Å². The summed E-state index contributed by atoms with van der Waals surface area (Å²) in [6.07, 6.45) is 0. The van der Waals surface area contributed by atoms with Crippen molar-refractivity contribution < 1.29 is 13.2 Å². The zero-order valence-corrected chi connectivity index (χ0v) is 8.37. The molecule has 0 aromatic heterocycles. The summed E-state index contributed by atoms with van der Waals surface area (Å²) in [6.45, 7) is 3.75. The van der Waals surface area contributed by atoms with Crippen LogP contribution in [0.3, 0.4) is 0 Å². The van der Waals surface area contributed by atoms with Gasteiger partial charge >= 0.3 is 0 Å². The van der Waals surface area contributed by atoms with Crippen molar-refractivity contribution in [3.8, 4) is 0 Å². The molecule has 0 amide bonds. The Labute approximate surface area is 76.9 Å². The molecule has 1 atom stereocenters. The highest BCUT2D eigenvalue weighted by atomic mass is 31.1. The van der Waals surface area contributed by atoms with Crippen LogP contribution in [0.25, 0.3) is 0 Å². The third-order valence-electron chi connectivity index (χ3n) is 1.44. The van der Waals surface area contributed by atoms with E-state index in [9.17, 15) is 13.2 Å². The molecule has 0 radical (unpaired) electrons. The fourth-order valence-electron chi connectivity index (χ4n) is 0.972. The monoisotopic (exact) mass is 206 g/mol. The quantitative estimate of drug-likeness (QED) is 0.515. The van der Waals surface area contributed by atoms with Crippen LogP contribution in [0, 0.1) is 17.5 Å². The molecule has 0 N–H and O–H groups in total. The second-order valence-corrected chi connectivity index (χ2v) is 5.03. The van der Waals surface area contributed by atoms with Gasteiger partial charge in [-0.3, -0.25) is 0 Å². The number of hydrogen-bond donors (Lipinski definition) is 0. The van der Waals surface area contributed by atoms with E-state index in [1.54, 1.807) is 0 Å². The molecule has 0 saturated carbocycles. The summed E-state index contributed by atoms with van der Waals surface area (Å²) in [7, 11) is 0.0975. The number of halogens is 3. The van der Waals surface area contributed by atoms with Crippen LogP contribution in [0.2, 0.25) is 0 Å². The van der Waals surface area contributed by atoms with E-state index in [0.717, 1.165) is 6.07 Å². The van der Waals surface area contributed by atoms with Crippen molar-refractivity contribution >= 4 is 13.9 Å². The van der Waals surface area contributed by atoms with Crippen molar-refractivity contribution in [1.29, 1.82) is 0 Å². The van der Waals surface area contributed by atoms with Gasteiger partial charge in [-0.2, -0.15) is 0 Å². The first-order valence-electron chi connectivity index (χ1n) is 3.92. The Morgan fingerprint density at radius 1 is 1.15 bits per heavy atom. The maximum atomic E-state index is 13.0. The van der Waals surface area contributed by atoms with Gasteiger partial charge in [-0.15, -0.1) is 0 Å². The Morgan fingerprint density at radius 3 is 2.31 bits per heavy atom. The van der Waals surface area contributed by atoms with Crippen LogP contribution in [-0.2, 0) is 0 Å². The van der Waals surface area contributed by atoms with Crippen molar-refractivity contribution in [2.24, 2.45) is 0 Å². The molecule has 72 valence electrons. The molecule has 0 heterocycles. The minimum Gasteiger partial charge on any atom is -0.207 e. The summed E-state index contributed by atoms with van der Waals surface area (Å²) in [5.41, 5.74) is 0.204. The maximum Gasteiger partial charge on any atom is 0.166 e. The largest absolute Gasteiger partial charge is 0.207 e. The number of benzene rings is 1. The van der Waals surface area contributed by atoms with Crippen molar-refractivity contribution in [2.75, 3.05) is 0 Å². The SMILES string of the molecule is CC(C)Pc1cc(F)cc(F)c1F. The summed E-state index contributed by atoms with van der Waals surface area (Å²) >= 11 is 0. The average Bonchev–Trinajstić information content (AvgIpc) is 1.98. The minimum absolute atomic E-state index is 0.0975. The smallest absolute Gasteiger partial charge is 0.166 e. The van der Waals surface area contributed by atoms with Gasteiger partial charge < -0.3 is 0 Å². The zero-order chi connectivity index (χ0) is 10.0. The second-order valence-electron chi connectivity index (χ2n) is 3.05. The molecule has 0 aliphatic heterocycles. The Morgan fingerprint density at radius 2 is 1.77 bits per heavy atom. The van der Waals surface area contributed by atoms with Crippen LogP contribution in [0.1, 0.15) is 13.8 Å². The molecular weight excluding hydrogens is 196 g/mol. The molecule has 0 aliphatic rings. The number of hydrogen-bond acceptors (Lipinski definition) is 0. The van der Waals surface area contributed by atoms with Gasteiger partial charge in [0.2, 0.25) is 0 Å². The Bertz CT molecular complexity index is 310. The summed E-state index contributed by atoms with van der Waals surface area (Å²) in [4.78, 5) is 0. The molecule has 0 nitrogen and oxygen atoms in total. The van der Waals surface area contributed by atoms with E-state index < -0.39 is 17.5 Å². The lowest BCUT2D eigenvalue weighted by molar-refractivity contribution is 0.501. The molecule has 4 heteroatoms. The average molecular weight is 206 g/mol. The van der Waals surface area contributed by atoms with Gasteiger partial charge in [0.15, 0.2) is 11.6 Å². The second kappa shape index (κ2) is 4.10. The lowest BCUT2D eigenvalue weighted by Gasteiger charge is -2.06. The first kappa shape index (κ1) is 10.5. The summed E-state index contributed by atoms with van der Waals surface area (Å²) in [5, 5.41) is 0.132. The number of rotatable bonds is 2. The van der Waals surface area contributed by atoms with E-state index in [1.165, 1.54) is 0 Å². The van der Waals surface area contributed by atoms with Crippen molar-refractivity contribution in [3.63, 3.8) is 0 Å². The van der Waals surface area contributed by atoms with E-state index in [0.29, 0.717) is 6.07 Å². The molecule has 0 fully saturated rings. The third-order valence-corrected chi connectivity index (χ3v) is 2.69. The van der Waals surface area contributed by atoms with Gasteiger partial charge in [-0.25, -0.2) is 13.2 Å². The Balaban J connectivity index is 3.05. The van der Waals surface area contributed by atoms with Gasteiger partial charge in [0.1, 0.15) is 5.82 Å². The topological polar surface area (TPSA) is 0 Å². The molecule has 13 heavy (non-hydrogen) atoms. The van der Waals surface area contributed by atoms with Crippen LogP contribution in [0.15, 0.2) is 12.1 Å². The van der Waals surface area contributed by atoms with Crippen LogP contribution in [-0.4, -0.2) is 5.66 Å². The molecule has 1 unspecified atom stereocenters. The lowest BCUT2D eigenvalue weighted by Crippen LogP contribution is -2.08. The molecule has 0 saturated heterocycles. The van der Waals surface area contributed by atoms with E-state index >= 15 is 0 Å². The fraction of sp³-hybridized carbons (Fsp3) is 0.333. The molecule has 1 rings (SSSR count). The van der Waals surface area contributed by atoms with Crippen molar-refractivity contribution in [2.45, 2.75) is 19.5 Å². The van der Waals surface area contributed by atoms with Crippen molar-refractivity contribution in [3.05, 3.63) is 29.6 Å². The fourth-order valence-corrected chi connectivity index (χ4v) is 2.06. The van der Waals surface area contributed by atoms with Crippen LogP contribution >= 0.6 is 8.58 Å². The van der Waals surface area contributed by atoms with Gasteiger partial charge in [0.25, 0.3) is 0 Å². The molecule has 0 aliphatic carbocycles. The Kier molecular flexibility index (Phi) is 3.32. The summed E-state index contributed by atoms with van der Waals surface area (Å²) in [6, 6.07) is 1.61. The molecule has 0 bridgehead atoms. The van der Waals surface area contributed by atoms with Crippen molar-refractivity contribution in [1.82, 2.24) is 0 Å². The predicted molar refractivity (Wildman–Crippen MR) is 49.4 cm³/mol. The van der Waals surface area contributed by atoms with E-state index in [-0.39, 0.29) is 19.5 Å². The van der Waals surface area contributed by atoms with E-state index in [4.69, 9.17) is 0 Å². The van der Waals surface area contributed by atoms with Gasteiger partial charge in [-0.05, 0) is 11.7 Å².